The van der Waals surface area contributed by atoms with E-state index in [1.165, 1.54) is 13.3 Å². The highest BCUT2D eigenvalue weighted by atomic mass is 16.6. The van der Waals surface area contributed by atoms with Gasteiger partial charge in [-0.05, 0) is 90.2 Å². The summed E-state index contributed by atoms with van der Waals surface area (Å²) in [6, 6.07) is 7.80. The number of nitrogens with zero attached hydrogens (tertiary/aromatic N) is 2. The van der Waals surface area contributed by atoms with Crippen LogP contribution in [0.1, 0.15) is 100 Å². The van der Waals surface area contributed by atoms with Gasteiger partial charge in [-0.2, -0.15) is 0 Å². The highest BCUT2D eigenvalue weighted by Crippen LogP contribution is 2.30. The third-order valence-electron chi connectivity index (χ3n) is 6.78. The number of anilines is 1. The molecule has 9 nitrogen and oxygen atoms in total. The lowest BCUT2D eigenvalue weighted by atomic mass is 9.83. The Bertz CT molecular complexity index is 848. The number of rotatable bonds is 6. The Labute approximate surface area is 262 Å². The number of hydrogen-bond donors (Lipinski definition) is 1. The number of unbranched alkanes of at least 4 members (excludes halogenated alkanes) is 1. The number of amides is 2. The fourth-order valence-electron chi connectivity index (χ4n) is 4.60. The molecule has 9 heteroatoms. The van der Waals surface area contributed by atoms with Gasteiger partial charge >= 0.3 is 6.09 Å². The Morgan fingerprint density at radius 1 is 0.953 bits per heavy atom. The Balaban J connectivity index is 0. The Morgan fingerprint density at radius 3 is 1.74 bits per heavy atom. The second kappa shape index (κ2) is 25.4. The van der Waals surface area contributed by atoms with Crippen molar-refractivity contribution in [3.63, 3.8) is 0 Å². The molecule has 3 rings (SSSR count). The number of piperidine rings is 2. The highest BCUT2D eigenvalue weighted by Gasteiger charge is 2.29. The molecule has 2 fully saturated rings. The van der Waals surface area contributed by atoms with Gasteiger partial charge in [-0.1, -0.05) is 32.9 Å². The first-order valence-electron chi connectivity index (χ1n) is 15.8. The summed E-state index contributed by atoms with van der Waals surface area (Å²) in [5.41, 5.74) is 0.600. The number of hydrogen-bond acceptors (Lipinski definition) is 7. The number of para-hydroxylation sites is 2. The summed E-state index contributed by atoms with van der Waals surface area (Å²) in [6.45, 7) is 18.3. The van der Waals surface area contributed by atoms with Crippen LogP contribution in [0.5, 0.6) is 5.75 Å². The highest BCUT2D eigenvalue weighted by molar-refractivity contribution is 5.73. The number of carbonyl (C=O) groups excluding carboxylic acids is 4. The van der Waals surface area contributed by atoms with Crippen LogP contribution >= 0.6 is 0 Å². The molecule has 248 valence electrons. The number of benzene rings is 1. The normalized spacial score (nSPS) is 14.8. The molecule has 0 bridgehead atoms. The van der Waals surface area contributed by atoms with Crippen LogP contribution in [0, 0.1) is 11.8 Å². The first kappa shape index (κ1) is 42.0. The van der Waals surface area contributed by atoms with Gasteiger partial charge in [0.1, 0.15) is 23.9 Å². The van der Waals surface area contributed by atoms with E-state index in [4.69, 9.17) is 14.3 Å². The molecule has 1 aromatic rings. The van der Waals surface area contributed by atoms with Crippen molar-refractivity contribution in [3.05, 3.63) is 24.3 Å². The van der Waals surface area contributed by atoms with Crippen LogP contribution in [-0.2, 0) is 19.1 Å². The van der Waals surface area contributed by atoms with Crippen LogP contribution in [0.15, 0.2) is 24.3 Å². The van der Waals surface area contributed by atoms with Gasteiger partial charge in [0.25, 0.3) is 0 Å². The summed E-state index contributed by atoms with van der Waals surface area (Å²) < 4.78 is 10.5. The van der Waals surface area contributed by atoms with Crippen LogP contribution < -0.4 is 10.1 Å². The van der Waals surface area contributed by atoms with Gasteiger partial charge in [0.15, 0.2) is 0 Å². The fraction of sp³-hybridized carbons (Fsp3) is 0.706. The maximum atomic E-state index is 12.1. The largest absolute Gasteiger partial charge is 0.495 e. The van der Waals surface area contributed by atoms with E-state index >= 15 is 0 Å². The molecule has 0 aliphatic carbocycles. The second-order valence-corrected chi connectivity index (χ2v) is 11.2. The van der Waals surface area contributed by atoms with E-state index in [-0.39, 0.29) is 12.0 Å². The Morgan fingerprint density at radius 2 is 1.42 bits per heavy atom. The zero-order chi connectivity index (χ0) is 33.3. The van der Waals surface area contributed by atoms with Gasteiger partial charge in [-0.3, -0.25) is 4.79 Å². The third-order valence-corrected chi connectivity index (χ3v) is 6.78. The van der Waals surface area contributed by atoms with Crippen molar-refractivity contribution in [2.75, 3.05) is 45.7 Å². The molecular weight excluding hydrogens is 546 g/mol. The molecule has 43 heavy (non-hydrogen) atoms. The molecule has 1 N–H and O–H groups in total. The van der Waals surface area contributed by atoms with Crippen molar-refractivity contribution in [3.8, 4) is 5.75 Å². The molecule has 0 radical (unpaired) electrons. The molecule has 2 aliphatic heterocycles. The van der Waals surface area contributed by atoms with Crippen molar-refractivity contribution >= 4 is 30.3 Å². The minimum atomic E-state index is -0.418. The van der Waals surface area contributed by atoms with Crippen LogP contribution in [0.25, 0.3) is 0 Å². The molecule has 0 unspecified atom stereocenters. The van der Waals surface area contributed by atoms with E-state index < -0.39 is 5.60 Å². The maximum Gasteiger partial charge on any atom is 0.410 e. The van der Waals surface area contributed by atoms with Gasteiger partial charge in [-0.15, -0.1) is 0 Å². The molecule has 2 amide bonds. The van der Waals surface area contributed by atoms with Gasteiger partial charge < -0.3 is 34.2 Å². The summed E-state index contributed by atoms with van der Waals surface area (Å²) in [5, 5.41) is 3.02. The number of ether oxygens (including phenoxy) is 2. The lowest BCUT2D eigenvalue weighted by Gasteiger charge is -2.37. The predicted octanol–water partition coefficient (Wildman–Crippen LogP) is 7.24. The van der Waals surface area contributed by atoms with Crippen LogP contribution in [0.4, 0.5) is 10.5 Å². The minimum Gasteiger partial charge on any atom is -0.495 e. The molecule has 0 saturated carbocycles. The van der Waals surface area contributed by atoms with Crippen molar-refractivity contribution in [1.29, 1.82) is 0 Å². The zero-order valence-corrected chi connectivity index (χ0v) is 28.7. The number of nitrogens with one attached hydrogen (secondary N) is 1. The summed E-state index contributed by atoms with van der Waals surface area (Å²) in [4.78, 5) is 45.5. The topological polar surface area (TPSA) is 105 Å². The maximum absolute atomic E-state index is 12.1. The van der Waals surface area contributed by atoms with Gasteiger partial charge in [-0.25, -0.2) is 4.79 Å². The van der Waals surface area contributed by atoms with E-state index in [1.54, 1.807) is 14.0 Å². The van der Waals surface area contributed by atoms with Crippen molar-refractivity contribution in [2.45, 2.75) is 106 Å². The van der Waals surface area contributed by atoms with E-state index in [0.717, 1.165) is 88.2 Å². The molecule has 2 saturated heterocycles. The molecule has 0 aromatic heterocycles. The standard InChI is InChI=1S/C18H32N2O3.C8H11NO.C4H8O.C2H4O.C2H6/c1-14(21)19-9-5-15(6-10-19)13-16-7-11-20(12-8-16)17(22)23-18(2,3)4;1-9-7-5-3-4-6-8(7)10-2;1-2-3-4-5;1-2-3;1-2/h15-16H,5-13H2,1-4H3;3-6,9H,1-2H3;4H,2-3H2,1H3;2H,1H3;1-2H3. The van der Waals surface area contributed by atoms with Gasteiger partial charge in [0.2, 0.25) is 5.91 Å². The SMILES string of the molecule is CC.CC(=O)N1CCC(CC2CCN(C(=O)OC(C)(C)C)CC2)CC1.CC=O.CCCC=O.CNc1ccccc1OC. The fourth-order valence-corrected chi connectivity index (χ4v) is 4.60. The third kappa shape index (κ3) is 20.4. The molecule has 2 aliphatic rings. The molecule has 0 spiro atoms. The van der Waals surface area contributed by atoms with E-state index in [9.17, 15) is 14.4 Å². The minimum absolute atomic E-state index is 0.175. The van der Waals surface area contributed by atoms with Crippen molar-refractivity contribution < 1.29 is 28.7 Å². The van der Waals surface area contributed by atoms with Crippen LogP contribution in [0.3, 0.4) is 0 Å². The molecule has 0 atom stereocenters. The quantitative estimate of drug-likeness (QED) is 0.340. The summed E-state index contributed by atoms with van der Waals surface area (Å²) >= 11 is 0. The molecular formula is C34H61N3O6. The number of methoxy groups -OCH3 is 1. The average molecular weight is 608 g/mol. The first-order valence-corrected chi connectivity index (χ1v) is 15.8. The lowest BCUT2D eigenvalue weighted by Crippen LogP contribution is -2.42. The smallest absolute Gasteiger partial charge is 0.410 e. The zero-order valence-electron chi connectivity index (χ0n) is 28.7. The summed E-state index contributed by atoms with van der Waals surface area (Å²) in [6.07, 6.45) is 8.85. The summed E-state index contributed by atoms with van der Waals surface area (Å²) in [5.74, 6) is 2.53. The predicted molar refractivity (Wildman–Crippen MR) is 177 cm³/mol. The van der Waals surface area contributed by atoms with Crippen LogP contribution in [-0.4, -0.2) is 80.3 Å². The van der Waals surface area contributed by atoms with E-state index in [0.29, 0.717) is 12.3 Å². The number of aldehydes is 2. The monoisotopic (exact) mass is 607 g/mol. The Kier molecular flexibility index (Phi) is 24.8. The average Bonchev–Trinajstić information content (AvgIpc) is 2.99. The van der Waals surface area contributed by atoms with E-state index in [1.807, 2.05) is 82.7 Å². The number of carbonyl (C=O) groups is 4. The van der Waals surface area contributed by atoms with Gasteiger partial charge in [0, 0.05) is 46.6 Å². The molecule has 2 heterocycles. The number of likely N-dealkylation sites (tertiary alicyclic amines) is 2. The summed E-state index contributed by atoms with van der Waals surface area (Å²) in [7, 11) is 3.54. The lowest BCUT2D eigenvalue weighted by molar-refractivity contribution is -0.130. The second-order valence-electron chi connectivity index (χ2n) is 11.2. The van der Waals surface area contributed by atoms with E-state index in [2.05, 4.69) is 5.32 Å². The van der Waals surface area contributed by atoms with Crippen molar-refractivity contribution in [2.24, 2.45) is 11.8 Å². The Hall–Kier alpha value is -3.10. The molecule has 1 aromatic carbocycles. The van der Waals surface area contributed by atoms with Gasteiger partial charge in [0.05, 0.1) is 12.8 Å². The van der Waals surface area contributed by atoms with Crippen LogP contribution in [0.2, 0.25) is 0 Å². The first-order chi connectivity index (χ1) is 20.5. The van der Waals surface area contributed by atoms with Crippen molar-refractivity contribution in [1.82, 2.24) is 9.80 Å².